The third kappa shape index (κ3) is 6.99. The SMILES string of the molecule is CC(C)(C)NS(=O)(=O)c1cccc2c(NC(=O)C(CC3CCCCC3)NC(=O)c3ccccc3)cccc12. The van der Waals surface area contributed by atoms with E-state index in [1.807, 2.05) is 6.07 Å². The molecule has 1 aliphatic carbocycles. The summed E-state index contributed by atoms with van der Waals surface area (Å²) in [7, 11) is -3.79. The minimum absolute atomic E-state index is 0.150. The van der Waals surface area contributed by atoms with Crippen LogP contribution < -0.4 is 15.4 Å². The largest absolute Gasteiger partial charge is 0.340 e. The molecule has 0 heterocycles. The first-order valence-corrected chi connectivity index (χ1v) is 14.7. The molecule has 1 fully saturated rings. The fourth-order valence-electron chi connectivity index (χ4n) is 5.12. The van der Waals surface area contributed by atoms with Gasteiger partial charge in [0.15, 0.2) is 0 Å². The lowest BCUT2D eigenvalue weighted by molar-refractivity contribution is -0.118. The van der Waals surface area contributed by atoms with Crippen LogP contribution in [0.5, 0.6) is 0 Å². The van der Waals surface area contributed by atoms with E-state index in [1.54, 1.807) is 81.4 Å². The van der Waals surface area contributed by atoms with Gasteiger partial charge in [0.1, 0.15) is 6.04 Å². The highest BCUT2D eigenvalue weighted by Crippen LogP contribution is 2.31. The first kappa shape index (κ1) is 27.8. The van der Waals surface area contributed by atoms with E-state index in [2.05, 4.69) is 15.4 Å². The molecule has 8 heteroatoms. The van der Waals surface area contributed by atoms with E-state index in [1.165, 1.54) is 6.42 Å². The molecule has 0 aliphatic heterocycles. The molecular formula is C30H37N3O4S. The summed E-state index contributed by atoms with van der Waals surface area (Å²) in [4.78, 5) is 26.7. The zero-order valence-corrected chi connectivity index (χ0v) is 23.1. The average molecular weight is 536 g/mol. The number of sulfonamides is 1. The molecule has 3 aromatic carbocycles. The van der Waals surface area contributed by atoms with Gasteiger partial charge in [0.25, 0.3) is 5.91 Å². The second-order valence-electron chi connectivity index (χ2n) is 11.1. The number of hydrogen-bond donors (Lipinski definition) is 3. The Labute approximate surface area is 225 Å². The lowest BCUT2D eigenvalue weighted by atomic mass is 9.84. The first-order valence-electron chi connectivity index (χ1n) is 13.3. The molecule has 3 aromatic rings. The van der Waals surface area contributed by atoms with Crippen molar-refractivity contribution in [1.29, 1.82) is 0 Å². The summed E-state index contributed by atoms with van der Waals surface area (Å²) in [6.07, 6.45) is 6.12. The molecule has 1 saturated carbocycles. The average Bonchev–Trinajstić information content (AvgIpc) is 2.88. The van der Waals surface area contributed by atoms with Crippen molar-refractivity contribution in [3.05, 3.63) is 72.3 Å². The number of amides is 2. The van der Waals surface area contributed by atoms with Gasteiger partial charge in [-0.05, 0) is 57.4 Å². The molecular weight excluding hydrogens is 498 g/mol. The molecule has 0 spiro atoms. The van der Waals surface area contributed by atoms with Gasteiger partial charge in [-0.1, -0.05) is 74.6 Å². The van der Waals surface area contributed by atoms with Crippen molar-refractivity contribution in [2.24, 2.45) is 5.92 Å². The Kier molecular flexibility index (Phi) is 8.53. The number of rotatable bonds is 8. The third-order valence-corrected chi connectivity index (χ3v) is 8.64. The van der Waals surface area contributed by atoms with Crippen LogP contribution in [0.3, 0.4) is 0 Å². The predicted octanol–water partition coefficient (Wildman–Crippen LogP) is 5.62. The highest BCUT2D eigenvalue weighted by atomic mass is 32.2. The standard InChI is InChI=1S/C30H37N3O4S/c1-30(2,3)33-38(36,37)27-19-11-16-23-24(27)17-10-18-25(23)31-29(35)26(20-21-12-6-4-7-13-21)32-28(34)22-14-8-5-9-15-22/h5,8-11,14-19,21,26,33H,4,6-7,12-13,20H2,1-3H3,(H,31,35)(H,32,34). The fourth-order valence-corrected chi connectivity index (χ4v) is 6.76. The lowest BCUT2D eigenvalue weighted by Crippen LogP contribution is -2.45. The van der Waals surface area contributed by atoms with Gasteiger partial charge < -0.3 is 10.6 Å². The van der Waals surface area contributed by atoms with Gasteiger partial charge in [-0.25, -0.2) is 13.1 Å². The molecule has 202 valence electrons. The Bertz CT molecular complexity index is 1390. The van der Waals surface area contributed by atoms with E-state index in [4.69, 9.17) is 0 Å². The normalized spacial score (nSPS) is 15.7. The Hall–Kier alpha value is -3.23. The number of benzene rings is 3. The van der Waals surface area contributed by atoms with E-state index in [0.717, 1.165) is 25.7 Å². The molecule has 38 heavy (non-hydrogen) atoms. The lowest BCUT2D eigenvalue weighted by Gasteiger charge is -2.27. The van der Waals surface area contributed by atoms with E-state index in [-0.39, 0.29) is 16.7 Å². The van der Waals surface area contributed by atoms with Crippen molar-refractivity contribution < 1.29 is 18.0 Å². The smallest absolute Gasteiger partial charge is 0.251 e. The Morgan fingerprint density at radius 3 is 2.21 bits per heavy atom. The third-order valence-electron chi connectivity index (χ3n) is 6.82. The summed E-state index contributed by atoms with van der Waals surface area (Å²) >= 11 is 0. The molecule has 4 rings (SSSR count). The number of carbonyl (C=O) groups is 2. The summed E-state index contributed by atoms with van der Waals surface area (Å²) in [5.74, 6) is -0.238. The Balaban J connectivity index is 1.62. The van der Waals surface area contributed by atoms with Crippen LogP contribution in [0.1, 0.15) is 69.7 Å². The fraction of sp³-hybridized carbons (Fsp3) is 0.400. The summed E-state index contributed by atoms with van der Waals surface area (Å²) in [6.45, 7) is 5.37. The van der Waals surface area contributed by atoms with Crippen LogP contribution in [0.15, 0.2) is 71.6 Å². The quantitative estimate of drug-likeness (QED) is 0.348. The second kappa shape index (κ2) is 11.7. The highest BCUT2D eigenvalue weighted by molar-refractivity contribution is 7.89. The van der Waals surface area contributed by atoms with E-state index in [0.29, 0.717) is 34.4 Å². The maximum Gasteiger partial charge on any atom is 0.251 e. The highest BCUT2D eigenvalue weighted by Gasteiger charge is 2.28. The van der Waals surface area contributed by atoms with Gasteiger partial charge in [0, 0.05) is 27.6 Å². The molecule has 1 unspecified atom stereocenters. The molecule has 0 radical (unpaired) electrons. The van der Waals surface area contributed by atoms with Crippen LogP contribution in [0.4, 0.5) is 5.69 Å². The van der Waals surface area contributed by atoms with Crippen molar-refractivity contribution in [1.82, 2.24) is 10.0 Å². The van der Waals surface area contributed by atoms with Gasteiger partial charge in [0.05, 0.1) is 4.90 Å². The molecule has 7 nitrogen and oxygen atoms in total. The number of hydrogen-bond acceptors (Lipinski definition) is 4. The van der Waals surface area contributed by atoms with Crippen molar-refractivity contribution in [3.63, 3.8) is 0 Å². The molecule has 1 aliphatic rings. The Morgan fingerprint density at radius 1 is 0.868 bits per heavy atom. The van der Waals surface area contributed by atoms with Crippen molar-refractivity contribution >= 4 is 38.3 Å². The molecule has 3 N–H and O–H groups in total. The monoisotopic (exact) mass is 535 g/mol. The second-order valence-corrected chi connectivity index (χ2v) is 12.8. The molecule has 0 bridgehead atoms. The van der Waals surface area contributed by atoms with Gasteiger partial charge in [0.2, 0.25) is 15.9 Å². The van der Waals surface area contributed by atoms with Crippen LogP contribution in [0.25, 0.3) is 10.8 Å². The zero-order valence-electron chi connectivity index (χ0n) is 22.3. The van der Waals surface area contributed by atoms with Gasteiger partial charge in [-0.15, -0.1) is 0 Å². The zero-order chi connectivity index (χ0) is 27.3. The maximum absolute atomic E-state index is 13.6. The summed E-state index contributed by atoms with van der Waals surface area (Å²) < 4.78 is 29.0. The van der Waals surface area contributed by atoms with Gasteiger partial charge in [-0.3, -0.25) is 9.59 Å². The van der Waals surface area contributed by atoms with Crippen molar-refractivity contribution in [3.8, 4) is 0 Å². The minimum Gasteiger partial charge on any atom is -0.340 e. The minimum atomic E-state index is -3.79. The molecule has 1 atom stereocenters. The van der Waals surface area contributed by atoms with Crippen LogP contribution in [0, 0.1) is 5.92 Å². The van der Waals surface area contributed by atoms with Gasteiger partial charge in [-0.2, -0.15) is 0 Å². The number of anilines is 1. The van der Waals surface area contributed by atoms with Crippen LogP contribution in [-0.2, 0) is 14.8 Å². The summed E-state index contributed by atoms with van der Waals surface area (Å²) in [5, 5.41) is 7.07. The van der Waals surface area contributed by atoms with Gasteiger partial charge >= 0.3 is 0 Å². The number of carbonyl (C=O) groups excluding carboxylic acids is 2. The summed E-state index contributed by atoms with van der Waals surface area (Å²) in [6, 6.07) is 18.4. The molecule has 0 aromatic heterocycles. The number of fused-ring (bicyclic) bond motifs is 1. The van der Waals surface area contributed by atoms with E-state index >= 15 is 0 Å². The summed E-state index contributed by atoms with van der Waals surface area (Å²) in [5.41, 5.74) is 0.360. The predicted molar refractivity (Wildman–Crippen MR) is 152 cm³/mol. The molecule has 2 amide bonds. The molecule has 0 saturated heterocycles. The van der Waals surface area contributed by atoms with Crippen molar-refractivity contribution in [2.45, 2.75) is 75.8 Å². The number of nitrogens with one attached hydrogen (secondary N) is 3. The maximum atomic E-state index is 13.6. The Morgan fingerprint density at radius 2 is 1.53 bits per heavy atom. The van der Waals surface area contributed by atoms with E-state index in [9.17, 15) is 18.0 Å². The first-order chi connectivity index (χ1) is 18.0. The van der Waals surface area contributed by atoms with E-state index < -0.39 is 21.6 Å². The van der Waals surface area contributed by atoms with Crippen molar-refractivity contribution in [2.75, 3.05) is 5.32 Å². The van der Waals surface area contributed by atoms with Crippen LogP contribution in [-0.4, -0.2) is 31.8 Å². The van der Waals surface area contributed by atoms with Crippen LogP contribution in [0.2, 0.25) is 0 Å². The topological polar surface area (TPSA) is 104 Å². The van der Waals surface area contributed by atoms with Crippen LogP contribution >= 0.6 is 0 Å².